The highest BCUT2D eigenvalue weighted by Crippen LogP contribution is 2.42. The summed E-state index contributed by atoms with van der Waals surface area (Å²) in [5.74, 6) is 0.728. The van der Waals surface area contributed by atoms with Gasteiger partial charge in [0.25, 0.3) is 0 Å². The zero-order valence-corrected chi connectivity index (χ0v) is 18.1. The molecule has 1 aliphatic rings. The highest BCUT2D eigenvalue weighted by Gasteiger charge is 2.39. The Bertz CT molecular complexity index is 1310. The molecule has 1 amide bonds. The van der Waals surface area contributed by atoms with Crippen LogP contribution in [0.1, 0.15) is 31.2 Å². The summed E-state index contributed by atoms with van der Waals surface area (Å²) in [7, 11) is 1.67. The molecule has 5 rings (SSSR count). The predicted molar refractivity (Wildman–Crippen MR) is 127 cm³/mol. The van der Waals surface area contributed by atoms with Crippen LogP contribution in [0.2, 0.25) is 0 Å². The molecule has 1 saturated carbocycles. The van der Waals surface area contributed by atoms with E-state index < -0.39 is 5.54 Å². The van der Waals surface area contributed by atoms with E-state index in [4.69, 9.17) is 4.74 Å². The van der Waals surface area contributed by atoms with Crippen LogP contribution in [0, 0.1) is 0 Å². The Kier molecular flexibility index (Phi) is 5.17. The van der Waals surface area contributed by atoms with E-state index in [1.54, 1.807) is 7.11 Å². The summed E-state index contributed by atoms with van der Waals surface area (Å²) in [4.78, 5) is 26.5. The van der Waals surface area contributed by atoms with E-state index in [0.717, 1.165) is 48.0 Å². The molecule has 162 valence electrons. The van der Waals surface area contributed by atoms with Crippen molar-refractivity contribution >= 4 is 27.7 Å². The quantitative estimate of drug-likeness (QED) is 0.469. The number of ether oxygens (including phenoxy) is 1. The summed E-state index contributed by atoms with van der Waals surface area (Å²) < 4.78 is 7.57. The predicted octanol–water partition coefficient (Wildman–Crippen LogP) is 4.75. The van der Waals surface area contributed by atoms with Crippen LogP contribution in [-0.4, -0.2) is 17.6 Å². The molecule has 1 N–H and O–H groups in total. The smallest absolute Gasteiger partial charge is 0.240 e. The Morgan fingerprint density at radius 1 is 0.906 bits per heavy atom. The molecule has 0 bridgehead atoms. The molecular weight excluding hydrogens is 400 g/mol. The van der Waals surface area contributed by atoms with Crippen LogP contribution < -0.4 is 15.5 Å². The van der Waals surface area contributed by atoms with Gasteiger partial charge in [-0.1, -0.05) is 55.3 Å². The molecule has 1 fully saturated rings. The van der Waals surface area contributed by atoms with Gasteiger partial charge in [-0.25, -0.2) is 0 Å². The first-order valence-electron chi connectivity index (χ1n) is 11.1. The van der Waals surface area contributed by atoms with Crippen LogP contribution in [0.4, 0.5) is 0 Å². The van der Waals surface area contributed by atoms with Gasteiger partial charge in [0.1, 0.15) is 12.3 Å². The number of rotatable bonds is 5. The number of nitrogens with zero attached hydrogens (tertiary/aromatic N) is 1. The van der Waals surface area contributed by atoms with Crippen LogP contribution in [0.5, 0.6) is 5.75 Å². The second kappa shape index (κ2) is 8.15. The fraction of sp³-hybridized carbons (Fsp3) is 0.259. The lowest BCUT2D eigenvalue weighted by atomic mass is 9.87. The molecule has 0 aliphatic heterocycles. The van der Waals surface area contributed by atoms with Gasteiger partial charge in [-0.05, 0) is 43.2 Å². The molecule has 4 aromatic rings. The van der Waals surface area contributed by atoms with E-state index in [9.17, 15) is 9.59 Å². The number of hydrogen-bond acceptors (Lipinski definition) is 3. The topological polar surface area (TPSA) is 60.3 Å². The van der Waals surface area contributed by atoms with Crippen molar-refractivity contribution in [3.8, 4) is 5.75 Å². The maximum atomic E-state index is 13.5. The monoisotopic (exact) mass is 426 g/mol. The third-order valence-corrected chi connectivity index (χ3v) is 6.64. The maximum Gasteiger partial charge on any atom is 0.240 e. The summed E-state index contributed by atoms with van der Waals surface area (Å²) in [5.41, 5.74) is 2.12. The molecule has 32 heavy (non-hydrogen) atoms. The van der Waals surface area contributed by atoms with E-state index in [-0.39, 0.29) is 17.9 Å². The van der Waals surface area contributed by atoms with Crippen molar-refractivity contribution in [2.45, 2.75) is 37.8 Å². The molecule has 0 radical (unpaired) electrons. The summed E-state index contributed by atoms with van der Waals surface area (Å²) in [6.07, 6.45) is 3.87. The largest absolute Gasteiger partial charge is 0.496 e. The third kappa shape index (κ3) is 3.34. The maximum absolute atomic E-state index is 13.5. The van der Waals surface area contributed by atoms with Crippen molar-refractivity contribution in [1.29, 1.82) is 0 Å². The SMILES string of the molecule is COc1ccccc1C1(NC(=O)Cn2c3ccccc3c(=O)c3ccccc32)CCCC1. The lowest BCUT2D eigenvalue weighted by molar-refractivity contribution is -0.123. The molecule has 3 aromatic carbocycles. The van der Waals surface area contributed by atoms with Crippen molar-refractivity contribution in [1.82, 2.24) is 9.88 Å². The van der Waals surface area contributed by atoms with Crippen molar-refractivity contribution < 1.29 is 9.53 Å². The summed E-state index contributed by atoms with van der Waals surface area (Å²) in [6, 6.07) is 22.9. The number of methoxy groups -OCH3 is 1. The van der Waals surface area contributed by atoms with Gasteiger partial charge in [0.15, 0.2) is 5.43 Å². The first kappa shape index (κ1) is 20.3. The minimum absolute atomic E-state index is 0.00542. The van der Waals surface area contributed by atoms with E-state index in [2.05, 4.69) is 11.4 Å². The summed E-state index contributed by atoms with van der Waals surface area (Å²) in [5, 5.41) is 4.61. The van der Waals surface area contributed by atoms with Gasteiger partial charge in [0.2, 0.25) is 5.91 Å². The van der Waals surface area contributed by atoms with Crippen molar-refractivity contribution in [3.05, 3.63) is 88.6 Å². The third-order valence-electron chi connectivity index (χ3n) is 6.64. The van der Waals surface area contributed by atoms with Gasteiger partial charge in [-0.2, -0.15) is 0 Å². The highest BCUT2D eigenvalue weighted by molar-refractivity contribution is 5.95. The zero-order chi connectivity index (χ0) is 22.1. The summed E-state index contributed by atoms with van der Waals surface area (Å²) >= 11 is 0. The van der Waals surface area contributed by atoms with E-state index in [1.165, 1.54) is 0 Å². The van der Waals surface area contributed by atoms with E-state index in [1.807, 2.05) is 71.3 Å². The first-order chi connectivity index (χ1) is 15.6. The molecule has 0 spiro atoms. The van der Waals surface area contributed by atoms with Crippen LogP contribution in [-0.2, 0) is 16.9 Å². The van der Waals surface area contributed by atoms with Gasteiger partial charge in [-0.3, -0.25) is 9.59 Å². The molecule has 5 heteroatoms. The molecular formula is C27H26N2O3. The van der Waals surface area contributed by atoms with Crippen molar-refractivity contribution in [2.75, 3.05) is 7.11 Å². The minimum Gasteiger partial charge on any atom is -0.496 e. The second-order valence-electron chi connectivity index (χ2n) is 8.49. The van der Waals surface area contributed by atoms with Crippen molar-refractivity contribution in [3.63, 3.8) is 0 Å². The van der Waals surface area contributed by atoms with Gasteiger partial charge >= 0.3 is 0 Å². The van der Waals surface area contributed by atoms with Crippen LogP contribution in [0.3, 0.4) is 0 Å². The van der Waals surface area contributed by atoms with Gasteiger partial charge in [0.05, 0.1) is 23.7 Å². The number of benzene rings is 3. The number of carbonyl (C=O) groups excluding carboxylic acids is 1. The van der Waals surface area contributed by atoms with Crippen LogP contribution >= 0.6 is 0 Å². The number of para-hydroxylation sites is 3. The average Bonchev–Trinajstić information content (AvgIpc) is 3.31. The number of aromatic nitrogens is 1. The molecule has 0 unspecified atom stereocenters. The molecule has 1 heterocycles. The number of fused-ring (bicyclic) bond motifs is 2. The lowest BCUT2D eigenvalue weighted by Crippen LogP contribution is -2.45. The zero-order valence-electron chi connectivity index (χ0n) is 18.1. The van der Waals surface area contributed by atoms with Gasteiger partial charge in [0, 0.05) is 16.3 Å². The number of hydrogen-bond donors (Lipinski definition) is 1. The number of pyridine rings is 1. The molecule has 1 aromatic heterocycles. The Morgan fingerprint density at radius 2 is 1.47 bits per heavy atom. The number of nitrogens with one attached hydrogen (secondary N) is 1. The fourth-order valence-corrected chi connectivity index (χ4v) is 5.18. The van der Waals surface area contributed by atoms with E-state index in [0.29, 0.717) is 10.8 Å². The van der Waals surface area contributed by atoms with Crippen LogP contribution in [0.25, 0.3) is 21.8 Å². The number of carbonyl (C=O) groups is 1. The molecule has 0 atom stereocenters. The van der Waals surface area contributed by atoms with E-state index >= 15 is 0 Å². The minimum atomic E-state index is -0.436. The van der Waals surface area contributed by atoms with Gasteiger partial charge < -0.3 is 14.6 Å². The standard InChI is InChI=1S/C27H26N2O3/c1-32-24-15-7-4-12-21(24)27(16-8-9-17-27)28-25(30)18-29-22-13-5-2-10-19(22)26(31)20-11-3-6-14-23(20)29/h2-7,10-15H,8-9,16-18H2,1H3,(H,28,30). The van der Waals surface area contributed by atoms with Crippen LogP contribution in [0.15, 0.2) is 77.6 Å². The molecule has 1 aliphatic carbocycles. The second-order valence-corrected chi connectivity index (χ2v) is 8.49. The number of amides is 1. The Morgan fingerprint density at radius 3 is 2.09 bits per heavy atom. The highest BCUT2D eigenvalue weighted by atomic mass is 16.5. The Labute approximate surface area is 186 Å². The van der Waals surface area contributed by atoms with Crippen molar-refractivity contribution in [2.24, 2.45) is 0 Å². The fourth-order valence-electron chi connectivity index (χ4n) is 5.18. The Balaban J connectivity index is 1.56. The lowest BCUT2D eigenvalue weighted by Gasteiger charge is -2.32. The van der Waals surface area contributed by atoms with Gasteiger partial charge in [-0.15, -0.1) is 0 Å². The first-order valence-corrected chi connectivity index (χ1v) is 11.1. The molecule has 5 nitrogen and oxygen atoms in total. The normalized spacial score (nSPS) is 15.2. The summed E-state index contributed by atoms with van der Waals surface area (Å²) in [6.45, 7) is 0.137. The average molecular weight is 427 g/mol. The molecule has 0 saturated heterocycles. The Hall–Kier alpha value is -3.60.